The summed E-state index contributed by atoms with van der Waals surface area (Å²) in [5, 5.41) is 0.308. The molecular weight excluding hydrogens is 400 g/mol. The van der Waals surface area contributed by atoms with Gasteiger partial charge in [0.25, 0.3) is 0 Å². The van der Waals surface area contributed by atoms with Crippen LogP contribution in [0.1, 0.15) is 26.3 Å². The molecule has 3 aromatic rings. The first-order valence-corrected chi connectivity index (χ1v) is 9.94. The molecule has 0 aliphatic carbocycles. The normalized spacial score (nSPS) is 23.5. The van der Waals surface area contributed by atoms with Gasteiger partial charge in [-0.05, 0) is 26.0 Å². The van der Waals surface area contributed by atoms with Crippen LogP contribution in [0.4, 0.5) is 0 Å². The largest absolute Gasteiger partial charge is 0.491 e. The zero-order valence-electron chi connectivity index (χ0n) is 17.3. The van der Waals surface area contributed by atoms with Gasteiger partial charge in [-0.25, -0.2) is 0 Å². The third kappa shape index (κ3) is 2.69. The van der Waals surface area contributed by atoms with E-state index in [0.29, 0.717) is 22.5 Å². The van der Waals surface area contributed by atoms with Crippen LogP contribution in [0.15, 0.2) is 57.7 Å². The summed E-state index contributed by atoms with van der Waals surface area (Å²) in [5.74, 6) is -0.366. The minimum atomic E-state index is -1.44. The lowest BCUT2D eigenvalue weighted by Gasteiger charge is -2.30. The van der Waals surface area contributed by atoms with E-state index in [-0.39, 0.29) is 17.6 Å². The highest BCUT2D eigenvalue weighted by atomic mass is 16.6. The maximum atomic E-state index is 13.2. The van der Waals surface area contributed by atoms with Crippen molar-refractivity contribution in [3.63, 3.8) is 0 Å². The van der Waals surface area contributed by atoms with Crippen molar-refractivity contribution < 1.29 is 28.2 Å². The molecule has 2 aliphatic heterocycles. The molecule has 5 rings (SSSR count). The lowest BCUT2D eigenvalue weighted by atomic mass is 9.73. The van der Waals surface area contributed by atoms with Crippen molar-refractivity contribution in [2.45, 2.75) is 37.9 Å². The molecule has 0 saturated carbocycles. The summed E-state index contributed by atoms with van der Waals surface area (Å²) in [7, 11) is 0. The van der Waals surface area contributed by atoms with Gasteiger partial charge in [0.15, 0.2) is 16.9 Å². The van der Waals surface area contributed by atoms with E-state index in [1.54, 1.807) is 26.0 Å². The van der Waals surface area contributed by atoms with E-state index < -0.39 is 29.1 Å². The number of esters is 2. The van der Waals surface area contributed by atoms with Crippen LogP contribution in [0.5, 0.6) is 5.75 Å². The lowest BCUT2D eigenvalue weighted by Crippen LogP contribution is -2.50. The molecule has 2 atom stereocenters. The van der Waals surface area contributed by atoms with Crippen LogP contribution in [-0.2, 0) is 24.5 Å². The first kappa shape index (κ1) is 19.4. The van der Waals surface area contributed by atoms with Crippen molar-refractivity contribution in [2.75, 3.05) is 6.61 Å². The molecule has 7 heteroatoms. The molecule has 1 saturated heterocycles. The molecule has 1 fully saturated rings. The van der Waals surface area contributed by atoms with E-state index in [4.69, 9.17) is 18.6 Å². The molecule has 0 bridgehead atoms. The third-order valence-corrected chi connectivity index (χ3v) is 5.90. The fourth-order valence-corrected chi connectivity index (χ4v) is 4.61. The van der Waals surface area contributed by atoms with Gasteiger partial charge >= 0.3 is 11.9 Å². The summed E-state index contributed by atoms with van der Waals surface area (Å²) in [6.07, 6.45) is -0.956. The van der Waals surface area contributed by atoms with Crippen molar-refractivity contribution >= 4 is 22.9 Å². The van der Waals surface area contributed by atoms with Gasteiger partial charge < -0.3 is 18.6 Å². The van der Waals surface area contributed by atoms with Gasteiger partial charge in [-0.2, -0.15) is 0 Å². The molecule has 2 aliphatic rings. The Hall–Kier alpha value is -3.61. The smallest absolute Gasteiger partial charge is 0.325 e. The Morgan fingerprint density at radius 3 is 2.55 bits per heavy atom. The zero-order chi connectivity index (χ0) is 22.0. The van der Waals surface area contributed by atoms with E-state index in [9.17, 15) is 14.4 Å². The van der Waals surface area contributed by atoms with Crippen molar-refractivity contribution in [1.82, 2.24) is 0 Å². The molecule has 0 amide bonds. The fraction of sp³-hybridized carbons (Fsp3) is 0.292. The fourth-order valence-electron chi connectivity index (χ4n) is 4.61. The highest BCUT2D eigenvalue weighted by Gasteiger charge is 2.68. The molecule has 1 aromatic heterocycles. The molecule has 2 aromatic carbocycles. The number of ether oxygens (including phenoxy) is 3. The number of benzene rings is 2. The van der Waals surface area contributed by atoms with E-state index in [0.717, 1.165) is 5.56 Å². The Morgan fingerprint density at radius 2 is 1.84 bits per heavy atom. The van der Waals surface area contributed by atoms with Crippen LogP contribution in [0, 0.1) is 0 Å². The SMILES string of the molecule is CC(=O)O[C@@H]1C(C)(C)OC(=O)C12COc1ccc3c(=O)cc(-c4ccccc4)oc3c12. The second-order valence-corrected chi connectivity index (χ2v) is 8.40. The average Bonchev–Trinajstić information content (AvgIpc) is 3.20. The molecule has 0 radical (unpaired) electrons. The lowest BCUT2D eigenvalue weighted by molar-refractivity contribution is -0.158. The van der Waals surface area contributed by atoms with E-state index in [1.807, 2.05) is 30.3 Å². The Balaban J connectivity index is 1.82. The van der Waals surface area contributed by atoms with Crippen LogP contribution in [0.25, 0.3) is 22.3 Å². The molecule has 0 N–H and O–H groups in total. The van der Waals surface area contributed by atoms with Gasteiger partial charge in [-0.15, -0.1) is 0 Å². The predicted octanol–water partition coefficient (Wildman–Crippen LogP) is 3.36. The molecule has 158 valence electrons. The van der Waals surface area contributed by atoms with Crippen LogP contribution >= 0.6 is 0 Å². The summed E-state index contributed by atoms with van der Waals surface area (Å²) in [6.45, 7) is 4.56. The van der Waals surface area contributed by atoms with Gasteiger partial charge in [0.2, 0.25) is 0 Å². The number of carbonyl (C=O) groups is 2. The monoisotopic (exact) mass is 420 g/mol. The summed E-state index contributed by atoms with van der Waals surface area (Å²) < 4.78 is 23.3. The number of hydrogen-bond donors (Lipinski definition) is 0. The standard InChI is InChI=1S/C24H20O7/c1-13(25)29-21-23(2,3)31-22(27)24(21)12-28-17-10-9-15-16(26)11-18(30-20(15)19(17)24)14-7-5-4-6-8-14/h4-11,21H,12H2,1-3H3/t21-,24?/m1/s1. The zero-order valence-corrected chi connectivity index (χ0v) is 17.3. The highest BCUT2D eigenvalue weighted by molar-refractivity contribution is 5.97. The number of fused-ring (bicyclic) bond motifs is 4. The number of rotatable bonds is 2. The molecule has 31 heavy (non-hydrogen) atoms. The second-order valence-electron chi connectivity index (χ2n) is 8.40. The first-order valence-electron chi connectivity index (χ1n) is 9.94. The summed E-state index contributed by atoms with van der Waals surface area (Å²) >= 11 is 0. The summed E-state index contributed by atoms with van der Waals surface area (Å²) in [5.41, 5.74) is -1.45. The van der Waals surface area contributed by atoms with Gasteiger partial charge in [-0.3, -0.25) is 14.4 Å². The quantitative estimate of drug-likeness (QED) is 0.587. The summed E-state index contributed by atoms with van der Waals surface area (Å²) in [4.78, 5) is 38.1. The van der Waals surface area contributed by atoms with E-state index >= 15 is 0 Å². The van der Waals surface area contributed by atoms with Crippen molar-refractivity contribution in [3.05, 3.63) is 64.3 Å². The topological polar surface area (TPSA) is 92.0 Å². The number of carbonyl (C=O) groups excluding carboxylic acids is 2. The second kappa shape index (κ2) is 6.44. The van der Waals surface area contributed by atoms with Crippen LogP contribution in [0.3, 0.4) is 0 Å². The van der Waals surface area contributed by atoms with Crippen molar-refractivity contribution in [1.29, 1.82) is 0 Å². The molecule has 1 spiro atoms. The number of cyclic esters (lactones) is 1. The third-order valence-electron chi connectivity index (χ3n) is 5.90. The predicted molar refractivity (Wildman–Crippen MR) is 111 cm³/mol. The van der Waals surface area contributed by atoms with Crippen LogP contribution in [-0.4, -0.2) is 30.3 Å². The molecular formula is C24H20O7. The van der Waals surface area contributed by atoms with Crippen LogP contribution < -0.4 is 10.2 Å². The van der Waals surface area contributed by atoms with Crippen molar-refractivity contribution in [2.24, 2.45) is 0 Å². The molecule has 3 heterocycles. The summed E-state index contributed by atoms with van der Waals surface area (Å²) in [6, 6.07) is 13.9. The highest BCUT2D eigenvalue weighted by Crippen LogP contribution is 2.53. The van der Waals surface area contributed by atoms with Crippen molar-refractivity contribution in [3.8, 4) is 17.1 Å². The Bertz CT molecular complexity index is 1290. The van der Waals surface area contributed by atoms with E-state index in [1.165, 1.54) is 13.0 Å². The Kier molecular flexibility index (Phi) is 4.02. The average molecular weight is 420 g/mol. The van der Waals surface area contributed by atoms with Gasteiger partial charge in [0, 0.05) is 18.6 Å². The van der Waals surface area contributed by atoms with Gasteiger partial charge in [0.1, 0.15) is 29.3 Å². The molecule has 1 unspecified atom stereocenters. The minimum Gasteiger partial charge on any atom is -0.491 e. The Labute approximate surface area is 177 Å². The van der Waals surface area contributed by atoms with E-state index in [2.05, 4.69) is 0 Å². The maximum absolute atomic E-state index is 13.2. The first-order chi connectivity index (χ1) is 14.7. The molecule has 7 nitrogen and oxygen atoms in total. The van der Waals surface area contributed by atoms with Gasteiger partial charge in [-0.1, -0.05) is 30.3 Å². The number of hydrogen-bond acceptors (Lipinski definition) is 7. The van der Waals surface area contributed by atoms with Crippen LogP contribution in [0.2, 0.25) is 0 Å². The Morgan fingerprint density at radius 1 is 1.10 bits per heavy atom. The minimum absolute atomic E-state index is 0.0824. The van der Waals surface area contributed by atoms with Gasteiger partial charge in [0.05, 0.1) is 10.9 Å². The maximum Gasteiger partial charge on any atom is 0.325 e.